The van der Waals surface area contributed by atoms with Gasteiger partial charge in [-0.2, -0.15) is 36.4 Å². The Labute approximate surface area is 57.8 Å². The van der Waals surface area contributed by atoms with Gasteiger partial charge in [0.15, 0.2) is 0 Å². The fourth-order valence-corrected chi connectivity index (χ4v) is 0.342. The van der Waals surface area contributed by atoms with E-state index in [4.69, 9.17) is 0 Å². The van der Waals surface area contributed by atoms with Gasteiger partial charge in [-0.3, -0.25) is 0 Å². The van der Waals surface area contributed by atoms with Gasteiger partial charge in [-0.05, 0) is 0 Å². The van der Waals surface area contributed by atoms with Gasteiger partial charge in [-0.1, -0.05) is 0 Å². The Morgan fingerprint density at radius 1 is 0.857 bits per heavy atom. The van der Waals surface area contributed by atoms with E-state index in [1.165, 1.54) is 0 Å². The quantitative estimate of drug-likeness (QED) is 0.620. The Morgan fingerprint density at radius 3 is 1.57 bits per heavy atom. The van der Waals surface area contributed by atoms with Crippen LogP contribution in [0.4, 0.5) is 0 Å². The second kappa shape index (κ2) is 4.08. The van der Waals surface area contributed by atoms with E-state index in [1.807, 2.05) is 30.3 Å². The molecule has 0 aliphatic heterocycles. The summed E-state index contributed by atoms with van der Waals surface area (Å²) in [5.74, 6) is 0. The number of rotatable bonds is 0. The van der Waals surface area contributed by atoms with Crippen LogP contribution in [-0.2, 0) is 21.1 Å². The second-order valence-electron chi connectivity index (χ2n) is 1.08. The maximum Gasteiger partial charge on any atom is 0 e. The van der Waals surface area contributed by atoms with Crippen molar-refractivity contribution in [2.45, 2.75) is 0 Å². The summed E-state index contributed by atoms with van der Waals surface area (Å²) in [5.41, 5.74) is 0. The first kappa shape index (κ1) is 6.91. The molecule has 0 bridgehead atoms. The van der Waals surface area contributed by atoms with Gasteiger partial charge < -0.3 is 0 Å². The summed E-state index contributed by atoms with van der Waals surface area (Å²) in [7, 11) is 0. The van der Waals surface area contributed by atoms with E-state index in [0.29, 0.717) is 0 Å². The van der Waals surface area contributed by atoms with E-state index in [1.54, 1.807) is 0 Å². The van der Waals surface area contributed by atoms with Crippen molar-refractivity contribution in [3.63, 3.8) is 0 Å². The molecule has 36 valence electrons. The molecule has 7 heavy (non-hydrogen) atoms. The molecule has 0 N–H and O–H groups in total. The number of hydrogen-bond donors (Lipinski definition) is 0. The van der Waals surface area contributed by atoms with Crippen molar-refractivity contribution in [2.75, 3.05) is 0 Å². The number of benzene rings is 1. The van der Waals surface area contributed by atoms with E-state index < -0.39 is 0 Å². The fraction of sp³-hybridized carbons (Fsp3) is 0. The molecule has 1 heteroatoms. The minimum atomic E-state index is 0. The van der Waals surface area contributed by atoms with Crippen LogP contribution in [0.1, 0.15) is 0 Å². The summed E-state index contributed by atoms with van der Waals surface area (Å²) < 4.78 is 0. The second-order valence-corrected chi connectivity index (χ2v) is 1.08. The van der Waals surface area contributed by atoms with Crippen LogP contribution in [0.15, 0.2) is 30.3 Å². The van der Waals surface area contributed by atoms with E-state index in [9.17, 15) is 0 Å². The van der Waals surface area contributed by atoms with Gasteiger partial charge in [0.05, 0.1) is 0 Å². The third kappa shape index (κ3) is 2.59. The van der Waals surface area contributed by atoms with Crippen LogP contribution in [0.2, 0.25) is 0 Å². The Morgan fingerprint density at radius 2 is 1.43 bits per heavy atom. The van der Waals surface area contributed by atoms with Crippen molar-refractivity contribution < 1.29 is 21.1 Å². The monoisotopic (exact) mass is 261 g/mol. The van der Waals surface area contributed by atoms with Crippen LogP contribution in [0.5, 0.6) is 0 Å². The maximum absolute atomic E-state index is 2.89. The van der Waals surface area contributed by atoms with Crippen molar-refractivity contribution in [1.82, 2.24) is 0 Å². The predicted molar refractivity (Wildman–Crippen MR) is 25.3 cm³/mol. The van der Waals surface area contributed by atoms with Crippen molar-refractivity contribution in [3.05, 3.63) is 36.4 Å². The Balaban J connectivity index is 0.000000360. The fourth-order valence-electron chi connectivity index (χ4n) is 0.342. The van der Waals surface area contributed by atoms with Gasteiger partial charge in [0.2, 0.25) is 0 Å². The summed E-state index contributed by atoms with van der Waals surface area (Å²) in [5, 5.41) is 0. The van der Waals surface area contributed by atoms with E-state index >= 15 is 0 Å². The van der Waals surface area contributed by atoms with Gasteiger partial charge in [0, 0.05) is 21.1 Å². The van der Waals surface area contributed by atoms with Gasteiger partial charge in [0.1, 0.15) is 0 Å². The molecule has 0 atom stereocenters. The van der Waals surface area contributed by atoms with Crippen molar-refractivity contribution >= 4 is 0 Å². The SMILES string of the molecule is [W].[c-]1ccccc1. The summed E-state index contributed by atoms with van der Waals surface area (Å²) in [4.78, 5) is 0. The third-order valence-electron chi connectivity index (χ3n) is 0.607. The molecule has 1 rings (SSSR count). The molecule has 0 spiro atoms. The molecule has 0 fully saturated rings. The van der Waals surface area contributed by atoms with Crippen LogP contribution < -0.4 is 0 Å². The first-order valence-electron chi connectivity index (χ1n) is 1.91. The smallest absolute Gasteiger partial charge is 0 e. The molecule has 1 aromatic rings. The molecule has 0 nitrogen and oxygen atoms in total. The normalized spacial score (nSPS) is 6.86. The van der Waals surface area contributed by atoms with Crippen LogP contribution in [0, 0.1) is 6.07 Å². The van der Waals surface area contributed by atoms with Gasteiger partial charge in [0.25, 0.3) is 0 Å². The molecule has 0 saturated carbocycles. The molecule has 0 amide bonds. The molecule has 0 aliphatic rings. The molecule has 0 aromatic heterocycles. The standard InChI is InChI=1S/C6H5.W/c1-2-4-6-5-3-1;/h1-5H;/q-1;. The summed E-state index contributed by atoms with van der Waals surface area (Å²) in [6, 6.07) is 12.5. The van der Waals surface area contributed by atoms with Gasteiger partial charge in [-0.15, -0.1) is 0 Å². The summed E-state index contributed by atoms with van der Waals surface area (Å²) in [6.45, 7) is 0. The number of hydrogen-bond acceptors (Lipinski definition) is 0. The van der Waals surface area contributed by atoms with Crippen molar-refractivity contribution in [2.24, 2.45) is 0 Å². The molecule has 0 aliphatic carbocycles. The molecule has 1 aromatic carbocycles. The van der Waals surface area contributed by atoms with Crippen molar-refractivity contribution in [3.8, 4) is 0 Å². The average Bonchev–Trinajstić information content (AvgIpc) is 1.72. The van der Waals surface area contributed by atoms with Crippen molar-refractivity contribution in [1.29, 1.82) is 0 Å². The Bertz CT molecular complexity index is 76.1. The molecule has 0 saturated heterocycles. The van der Waals surface area contributed by atoms with Crippen LogP contribution in [0.25, 0.3) is 0 Å². The summed E-state index contributed by atoms with van der Waals surface area (Å²) >= 11 is 0. The molecule has 0 radical (unpaired) electrons. The summed E-state index contributed by atoms with van der Waals surface area (Å²) in [6.07, 6.45) is 0. The third-order valence-corrected chi connectivity index (χ3v) is 0.607. The minimum Gasteiger partial charge on any atom is -0.184 e. The largest absolute Gasteiger partial charge is 0.184 e. The Kier molecular flexibility index (Phi) is 4.02. The average molecular weight is 261 g/mol. The van der Waals surface area contributed by atoms with Gasteiger partial charge >= 0.3 is 0 Å². The molecule has 0 heterocycles. The van der Waals surface area contributed by atoms with E-state index in [0.717, 1.165) is 0 Å². The molecular formula is C6H5W-. The zero-order chi connectivity index (χ0) is 4.24. The van der Waals surface area contributed by atoms with Crippen LogP contribution in [0.3, 0.4) is 0 Å². The van der Waals surface area contributed by atoms with Gasteiger partial charge in [-0.25, -0.2) is 0 Å². The predicted octanol–water partition coefficient (Wildman–Crippen LogP) is 1.48. The van der Waals surface area contributed by atoms with Crippen LogP contribution in [-0.4, -0.2) is 0 Å². The zero-order valence-electron chi connectivity index (χ0n) is 3.79. The molecular weight excluding hydrogens is 256 g/mol. The van der Waals surface area contributed by atoms with E-state index in [2.05, 4.69) is 6.07 Å². The maximum atomic E-state index is 2.89. The minimum absolute atomic E-state index is 0. The van der Waals surface area contributed by atoms with Crippen LogP contribution >= 0.6 is 0 Å². The molecule has 0 unspecified atom stereocenters. The topological polar surface area (TPSA) is 0 Å². The van der Waals surface area contributed by atoms with E-state index in [-0.39, 0.29) is 21.1 Å². The zero-order valence-corrected chi connectivity index (χ0v) is 6.73. The Hall–Kier alpha value is -0.0917. The first-order valence-corrected chi connectivity index (χ1v) is 1.91. The first-order chi connectivity index (χ1) is 3.00.